The Bertz CT molecular complexity index is 1290. The van der Waals surface area contributed by atoms with Gasteiger partial charge in [-0.3, -0.25) is 4.79 Å². The second-order valence-corrected chi connectivity index (χ2v) is 9.65. The standard InChI is InChI=1S/C20H18F4N4O3S/c1-12-8-17(20(22,23)24)28-18(25-12)9-16(26-28)13-6-7-27(10-13)19(29)11-32(30,31)15-4-2-14(21)3-5-15/h2-5,8-9,13H,6-7,10-11H2,1H3. The topological polar surface area (TPSA) is 84.6 Å². The lowest BCUT2D eigenvalue weighted by Crippen LogP contribution is -2.34. The Kier molecular flexibility index (Phi) is 5.43. The lowest BCUT2D eigenvalue weighted by atomic mass is 10.1. The molecule has 1 amide bonds. The van der Waals surface area contributed by atoms with Gasteiger partial charge < -0.3 is 4.90 Å². The normalized spacial score (nSPS) is 17.3. The summed E-state index contributed by atoms with van der Waals surface area (Å²) < 4.78 is 78.7. The summed E-state index contributed by atoms with van der Waals surface area (Å²) in [4.78, 5) is 17.8. The van der Waals surface area contributed by atoms with E-state index in [4.69, 9.17) is 0 Å². The molecular formula is C20H18F4N4O3S. The summed E-state index contributed by atoms with van der Waals surface area (Å²) in [6, 6.07) is 6.54. The number of rotatable bonds is 4. The van der Waals surface area contributed by atoms with Crippen molar-refractivity contribution in [2.24, 2.45) is 0 Å². The number of nitrogens with zero attached hydrogens (tertiary/aromatic N) is 4. The number of aryl methyl sites for hydroxylation is 1. The molecule has 3 heterocycles. The lowest BCUT2D eigenvalue weighted by molar-refractivity contribution is -0.142. The molecule has 4 rings (SSSR count). The maximum absolute atomic E-state index is 13.4. The molecule has 1 unspecified atom stereocenters. The van der Waals surface area contributed by atoms with Gasteiger partial charge >= 0.3 is 6.18 Å². The largest absolute Gasteiger partial charge is 0.433 e. The van der Waals surface area contributed by atoms with Gasteiger partial charge in [-0.15, -0.1) is 0 Å². The van der Waals surface area contributed by atoms with Crippen LogP contribution in [0, 0.1) is 12.7 Å². The zero-order chi connectivity index (χ0) is 23.3. The van der Waals surface area contributed by atoms with Crippen molar-refractivity contribution in [2.45, 2.75) is 30.3 Å². The highest BCUT2D eigenvalue weighted by Gasteiger charge is 2.36. The van der Waals surface area contributed by atoms with Crippen molar-refractivity contribution in [1.82, 2.24) is 19.5 Å². The van der Waals surface area contributed by atoms with Gasteiger partial charge in [-0.1, -0.05) is 0 Å². The first-order valence-corrected chi connectivity index (χ1v) is 11.3. The van der Waals surface area contributed by atoms with E-state index in [1.165, 1.54) is 17.9 Å². The Labute approximate surface area is 180 Å². The number of halogens is 4. The molecule has 12 heteroatoms. The first-order valence-electron chi connectivity index (χ1n) is 9.65. The molecule has 3 aromatic rings. The molecule has 1 aliphatic rings. The molecule has 0 saturated carbocycles. The fraction of sp³-hybridized carbons (Fsp3) is 0.350. The zero-order valence-electron chi connectivity index (χ0n) is 16.8. The molecule has 1 fully saturated rings. The number of benzene rings is 1. The summed E-state index contributed by atoms with van der Waals surface area (Å²) in [6.07, 6.45) is -4.19. The molecule has 0 radical (unpaired) electrons. The average molecular weight is 470 g/mol. The SMILES string of the molecule is Cc1cc(C(F)(F)F)n2nc(C3CCN(C(=O)CS(=O)(=O)c4ccc(F)cc4)C3)cc2n1. The maximum atomic E-state index is 13.4. The number of hydrogen-bond donors (Lipinski definition) is 0. The highest BCUT2D eigenvalue weighted by atomic mass is 32.2. The number of alkyl halides is 3. The smallest absolute Gasteiger partial charge is 0.341 e. The summed E-state index contributed by atoms with van der Waals surface area (Å²) in [5.41, 5.74) is -0.339. The van der Waals surface area contributed by atoms with Crippen LogP contribution in [-0.2, 0) is 20.8 Å². The minimum Gasteiger partial charge on any atom is -0.341 e. The summed E-state index contributed by atoms with van der Waals surface area (Å²) in [5, 5.41) is 4.07. The van der Waals surface area contributed by atoms with Gasteiger partial charge in [0.2, 0.25) is 5.91 Å². The Morgan fingerprint density at radius 3 is 2.53 bits per heavy atom. The van der Waals surface area contributed by atoms with Gasteiger partial charge in [0, 0.05) is 30.8 Å². The van der Waals surface area contributed by atoms with E-state index in [9.17, 15) is 30.8 Å². The molecule has 0 spiro atoms. The van der Waals surface area contributed by atoms with Gasteiger partial charge in [-0.05, 0) is 43.7 Å². The second kappa shape index (κ2) is 7.84. The van der Waals surface area contributed by atoms with E-state index in [2.05, 4.69) is 10.1 Å². The third-order valence-electron chi connectivity index (χ3n) is 5.31. The number of carbonyl (C=O) groups excluding carboxylic acids is 1. The number of likely N-dealkylation sites (tertiary alicyclic amines) is 1. The van der Waals surface area contributed by atoms with Gasteiger partial charge in [-0.25, -0.2) is 22.3 Å². The molecule has 0 aliphatic carbocycles. The van der Waals surface area contributed by atoms with Crippen LogP contribution in [-0.4, -0.2) is 52.7 Å². The minimum atomic E-state index is -4.61. The van der Waals surface area contributed by atoms with Crippen molar-refractivity contribution < 1.29 is 30.8 Å². The quantitative estimate of drug-likeness (QED) is 0.433. The van der Waals surface area contributed by atoms with Gasteiger partial charge in [-0.2, -0.15) is 18.3 Å². The van der Waals surface area contributed by atoms with E-state index < -0.39 is 39.2 Å². The summed E-state index contributed by atoms with van der Waals surface area (Å²) in [6.45, 7) is 1.83. The van der Waals surface area contributed by atoms with Gasteiger partial charge in [0.05, 0.1) is 10.6 Å². The van der Waals surface area contributed by atoms with Crippen LogP contribution in [0.3, 0.4) is 0 Å². The van der Waals surface area contributed by atoms with E-state index in [0.717, 1.165) is 34.8 Å². The monoisotopic (exact) mass is 470 g/mol. The van der Waals surface area contributed by atoms with Crippen molar-refractivity contribution in [2.75, 3.05) is 18.8 Å². The predicted octanol–water partition coefficient (Wildman–Crippen LogP) is 2.99. The molecule has 1 saturated heterocycles. The van der Waals surface area contributed by atoms with Crippen molar-refractivity contribution in [1.29, 1.82) is 0 Å². The molecular weight excluding hydrogens is 452 g/mol. The van der Waals surface area contributed by atoms with Crippen LogP contribution in [0.4, 0.5) is 17.6 Å². The molecule has 2 aromatic heterocycles. The number of fused-ring (bicyclic) bond motifs is 1. The number of amides is 1. The Morgan fingerprint density at radius 1 is 1.19 bits per heavy atom. The molecule has 0 bridgehead atoms. The molecule has 1 atom stereocenters. The fourth-order valence-electron chi connectivity index (χ4n) is 3.73. The number of aromatic nitrogens is 3. The van der Waals surface area contributed by atoms with Crippen molar-refractivity contribution in [3.8, 4) is 0 Å². The number of carbonyl (C=O) groups is 1. The van der Waals surface area contributed by atoms with E-state index in [1.54, 1.807) is 0 Å². The second-order valence-electron chi connectivity index (χ2n) is 7.66. The van der Waals surface area contributed by atoms with Crippen molar-refractivity contribution in [3.63, 3.8) is 0 Å². The van der Waals surface area contributed by atoms with Crippen molar-refractivity contribution in [3.05, 3.63) is 59.3 Å². The average Bonchev–Trinajstić information content (AvgIpc) is 3.33. The van der Waals surface area contributed by atoms with Crippen LogP contribution in [0.15, 0.2) is 41.3 Å². The third-order valence-corrected chi connectivity index (χ3v) is 6.93. The van der Waals surface area contributed by atoms with Gasteiger partial charge in [0.15, 0.2) is 15.5 Å². The Hall–Kier alpha value is -3.02. The highest BCUT2D eigenvalue weighted by molar-refractivity contribution is 7.92. The fourth-order valence-corrected chi connectivity index (χ4v) is 4.95. The van der Waals surface area contributed by atoms with E-state index in [0.29, 0.717) is 12.1 Å². The lowest BCUT2D eigenvalue weighted by Gasteiger charge is -2.16. The molecule has 1 aliphatic heterocycles. The Morgan fingerprint density at radius 2 is 1.88 bits per heavy atom. The molecule has 32 heavy (non-hydrogen) atoms. The van der Waals surface area contributed by atoms with Crippen LogP contribution in [0.5, 0.6) is 0 Å². The van der Waals surface area contributed by atoms with Gasteiger partial charge in [0.1, 0.15) is 17.3 Å². The predicted molar refractivity (Wildman–Crippen MR) is 105 cm³/mol. The molecule has 7 nitrogen and oxygen atoms in total. The first-order chi connectivity index (χ1) is 14.9. The molecule has 170 valence electrons. The van der Waals surface area contributed by atoms with Crippen LogP contribution < -0.4 is 0 Å². The Balaban J connectivity index is 1.51. The highest BCUT2D eigenvalue weighted by Crippen LogP contribution is 2.32. The number of sulfone groups is 1. The van der Waals surface area contributed by atoms with Crippen LogP contribution in [0.1, 0.15) is 29.4 Å². The molecule has 0 N–H and O–H groups in total. The third kappa shape index (κ3) is 4.31. The summed E-state index contributed by atoms with van der Waals surface area (Å²) in [5.74, 6) is -2.36. The van der Waals surface area contributed by atoms with Crippen LogP contribution in [0.2, 0.25) is 0 Å². The van der Waals surface area contributed by atoms with Crippen molar-refractivity contribution >= 4 is 21.4 Å². The maximum Gasteiger partial charge on any atom is 0.433 e. The van der Waals surface area contributed by atoms with Crippen LogP contribution in [0.25, 0.3) is 5.65 Å². The van der Waals surface area contributed by atoms with Crippen LogP contribution >= 0.6 is 0 Å². The number of hydrogen-bond acceptors (Lipinski definition) is 5. The van der Waals surface area contributed by atoms with E-state index >= 15 is 0 Å². The molecule has 1 aromatic carbocycles. The van der Waals surface area contributed by atoms with Gasteiger partial charge in [0.25, 0.3) is 0 Å². The van der Waals surface area contributed by atoms with E-state index in [1.807, 2.05) is 0 Å². The minimum absolute atomic E-state index is 0.0518. The first kappa shape index (κ1) is 22.2. The summed E-state index contributed by atoms with van der Waals surface area (Å²) >= 11 is 0. The summed E-state index contributed by atoms with van der Waals surface area (Å²) in [7, 11) is -3.96. The zero-order valence-corrected chi connectivity index (χ0v) is 17.6. The van der Waals surface area contributed by atoms with E-state index in [-0.39, 0.29) is 35.2 Å².